The maximum atomic E-state index is 11.5. The van der Waals surface area contributed by atoms with E-state index in [4.69, 9.17) is 0 Å². The summed E-state index contributed by atoms with van der Waals surface area (Å²) in [6, 6.07) is 2.55. The number of hydrogen-bond donors (Lipinski definition) is 2. The van der Waals surface area contributed by atoms with E-state index in [1.54, 1.807) is 0 Å². The normalized spacial score (nSPS) is 12.5. The number of aliphatic hydroxyl groups is 1. The smallest absolute Gasteiger partial charge is 0.335 e. The van der Waals surface area contributed by atoms with Crippen LogP contribution in [0.15, 0.2) is 27.6 Å². The molecular weight excluding hydrogens is 210 g/mol. The molecule has 1 atom stereocenters. The van der Waals surface area contributed by atoms with Gasteiger partial charge in [-0.15, -0.1) is 0 Å². The Labute approximate surface area is 93.1 Å². The Kier molecular flexibility index (Phi) is 4.25. The number of nitrogens with one attached hydrogen (secondary N) is 1. The van der Waals surface area contributed by atoms with Crippen molar-refractivity contribution in [1.29, 1.82) is 0 Å². The Bertz CT molecular complexity index is 390. The van der Waals surface area contributed by atoms with Gasteiger partial charge in [0.15, 0.2) is 0 Å². The van der Waals surface area contributed by atoms with Crippen molar-refractivity contribution in [2.45, 2.75) is 20.0 Å². The first-order valence-corrected chi connectivity index (χ1v) is 5.06. The van der Waals surface area contributed by atoms with Crippen LogP contribution in [0.5, 0.6) is 0 Å². The van der Waals surface area contributed by atoms with Crippen LogP contribution in [0.4, 0.5) is 0 Å². The molecule has 1 unspecified atom stereocenters. The Morgan fingerprint density at radius 1 is 1.50 bits per heavy atom. The van der Waals surface area contributed by atoms with Crippen LogP contribution in [-0.2, 0) is 0 Å². The van der Waals surface area contributed by atoms with Crippen LogP contribution < -0.4 is 10.9 Å². The molecule has 5 nitrogen and oxygen atoms in total. The van der Waals surface area contributed by atoms with Gasteiger partial charge in [-0.25, -0.2) is 4.79 Å². The van der Waals surface area contributed by atoms with E-state index in [1.807, 2.05) is 13.8 Å². The summed E-state index contributed by atoms with van der Waals surface area (Å²) in [7, 11) is 0. The van der Waals surface area contributed by atoms with Crippen LogP contribution in [-0.4, -0.2) is 23.7 Å². The summed E-state index contributed by atoms with van der Waals surface area (Å²) in [5.74, 6) is -0.294. The monoisotopic (exact) mass is 225 g/mol. The molecule has 0 aliphatic rings. The fraction of sp³-hybridized carbons (Fsp3) is 0.455. The minimum atomic E-state index is -0.584. The Hall–Kier alpha value is -1.62. The molecule has 0 radical (unpaired) electrons. The van der Waals surface area contributed by atoms with Crippen molar-refractivity contribution < 1.29 is 14.3 Å². The third kappa shape index (κ3) is 3.51. The van der Waals surface area contributed by atoms with Crippen molar-refractivity contribution in [1.82, 2.24) is 5.32 Å². The molecule has 0 fully saturated rings. The third-order valence-electron chi connectivity index (χ3n) is 2.20. The summed E-state index contributed by atoms with van der Waals surface area (Å²) in [4.78, 5) is 22.2. The van der Waals surface area contributed by atoms with Gasteiger partial charge in [-0.3, -0.25) is 4.79 Å². The van der Waals surface area contributed by atoms with Crippen LogP contribution in [0, 0.1) is 5.92 Å². The maximum absolute atomic E-state index is 11.5. The fourth-order valence-electron chi connectivity index (χ4n) is 1.02. The topological polar surface area (TPSA) is 79.5 Å². The molecule has 0 aromatic carbocycles. The van der Waals surface area contributed by atoms with Crippen LogP contribution >= 0.6 is 0 Å². The zero-order valence-electron chi connectivity index (χ0n) is 9.27. The molecule has 16 heavy (non-hydrogen) atoms. The molecule has 0 saturated heterocycles. The molecule has 0 bridgehead atoms. The molecule has 1 aromatic rings. The highest BCUT2D eigenvalue weighted by atomic mass is 16.4. The first-order chi connectivity index (χ1) is 7.50. The molecule has 5 heteroatoms. The molecule has 1 aromatic heterocycles. The van der Waals surface area contributed by atoms with Crippen LogP contribution in [0.1, 0.15) is 24.2 Å². The van der Waals surface area contributed by atoms with Crippen molar-refractivity contribution in [2.24, 2.45) is 5.92 Å². The number of hydrogen-bond acceptors (Lipinski definition) is 4. The van der Waals surface area contributed by atoms with E-state index >= 15 is 0 Å². The van der Waals surface area contributed by atoms with E-state index in [9.17, 15) is 14.7 Å². The van der Waals surface area contributed by atoms with E-state index in [-0.39, 0.29) is 23.9 Å². The molecule has 0 aliphatic heterocycles. The van der Waals surface area contributed by atoms with Gasteiger partial charge >= 0.3 is 5.63 Å². The van der Waals surface area contributed by atoms with Crippen molar-refractivity contribution in [2.75, 3.05) is 6.54 Å². The molecule has 1 heterocycles. The molecule has 1 rings (SSSR count). The highest BCUT2D eigenvalue weighted by Gasteiger charge is 2.12. The van der Waals surface area contributed by atoms with Crippen LogP contribution in [0.2, 0.25) is 0 Å². The molecule has 0 spiro atoms. The predicted molar refractivity (Wildman–Crippen MR) is 58.2 cm³/mol. The van der Waals surface area contributed by atoms with Crippen molar-refractivity contribution >= 4 is 5.91 Å². The molecule has 88 valence electrons. The lowest BCUT2D eigenvalue weighted by atomic mass is 10.1. The number of aliphatic hydroxyl groups excluding tert-OH is 1. The lowest BCUT2D eigenvalue weighted by Crippen LogP contribution is -2.34. The van der Waals surface area contributed by atoms with Gasteiger partial charge in [-0.2, -0.15) is 0 Å². The standard InChI is InChI=1S/C11H15NO4/c1-7(2)9(13)5-12-11(15)8-3-4-10(14)16-6-8/h3-4,6-7,9,13H,5H2,1-2H3,(H,12,15). The first kappa shape index (κ1) is 12.4. The second-order valence-electron chi connectivity index (χ2n) is 3.86. The van der Waals surface area contributed by atoms with Crippen molar-refractivity contribution in [3.8, 4) is 0 Å². The number of rotatable bonds is 4. The minimum Gasteiger partial charge on any atom is -0.430 e. The van der Waals surface area contributed by atoms with Gasteiger partial charge in [-0.05, 0) is 12.0 Å². The van der Waals surface area contributed by atoms with Gasteiger partial charge in [0.1, 0.15) is 6.26 Å². The van der Waals surface area contributed by atoms with Gasteiger partial charge in [0.05, 0.1) is 11.7 Å². The number of carbonyl (C=O) groups is 1. The van der Waals surface area contributed by atoms with Crippen LogP contribution in [0.25, 0.3) is 0 Å². The Morgan fingerprint density at radius 3 is 2.69 bits per heavy atom. The summed E-state index contributed by atoms with van der Waals surface area (Å²) >= 11 is 0. The zero-order valence-corrected chi connectivity index (χ0v) is 9.27. The van der Waals surface area contributed by atoms with E-state index in [0.717, 1.165) is 6.26 Å². The third-order valence-corrected chi connectivity index (χ3v) is 2.20. The summed E-state index contributed by atoms with van der Waals surface area (Å²) < 4.78 is 4.55. The summed E-state index contributed by atoms with van der Waals surface area (Å²) in [5.41, 5.74) is -0.241. The highest BCUT2D eigenvalue weighted by Crippen LogP contribution is 2.00. The van der Waals surface area contributed by atoms with Crippen molar-refractivity contribution in [3.05, 3.63) is 34.4 Å². The van der Waals surface area contributed by atoms with Crippen LogP contribution in [0.3, 0.4) is 0 Å². The van der Waals surface area contributed by atoms with Gasteiger partial charge in [-0.1, -0.05) is 13.8 Å². The molecule has 2 N–H and O–H groups in total. The largest absolute Gasteiger partial charge is 0.430 e. The van der Waals surface area contributed by atoms with E-state index in [2.05, 4.69) is 9.73 Å². The van der Waals surface area contributed by atoms with E-state index in [1.165, 1.54) is 12.1 Å². The molecular formula is C11H15NO4. The quantitative estimate of drug-likeness (QED) is 0.776. The van der Waals surface area contributed by atoms with Gasteiger partial charge < -0.3 is 14.8 Å². The Balaban J connectivity index is 2.53. The summed E-state index contributed by atoms with van der Waals surface area (Å²) in [6.45, 7) is 3.90. The SMILES string of the molecule is CC(C)C(O)CNC(=O)c1ccc(=O)oc1. The summed E-state index contributed by atoms with van der Waals surface area (Å²) in [6.07, 6.45) is 0.513. The average Bonchev–Trinajstić information content (AvgIpc) is 2.26. The lowest BCUT2D eigenvalue weighted by molar-refractivity contribution is 0.0869. The van der Waals surface area contributed by atoms with Gasteiger partial charge in [0.25, 0.3) is 5.91 Å². The first-order valence-electron chi connectivity index (χ1n) is 5.06. The van der Waals surface area contributed by atoms with Crippen molar-refractivity contribution in [3.63, 3.8) is 0 Å². The molecule has 0 aliphatic carbocycles. The second kappa shape index (κ2) is 5.46. The number of carbonyl (C=O) groups excluding carboxylic acids is 1. The zero-order chi connectivity index (χ0) is 12.1. The molecule has 0 saturated carbocycles. The minimum absolute atomic E-state index is 0.0778. The van der Waals surface area contributed by atoms with E-state index < -0.39 is 11.7 Å². The number of amides is 1. The second-order valence-corrected chi connectivity index (χ2v) is 3.86. The maximum Gasteiger partial charge on any atom is 0.335 e. The lowest BCUT2D eigenvalue weighted by Gasteiger charge is -2.14. The average molecular weight is 225 g/mol. The molecule has 1 amide bonds. The van der Waals surface area contributed by atoms with Gasteiger partial charge in [0, 0.05) is 12.6 Å². The van der Waals surface area contributed by atoms with E-state index in [0.29, 0.717) is 0 Å². The summed E-state index contributed by atoms with van der Waals surface area (Å²) in [5, 5.41) is 12.0. The van der Waals surface area contributed by atoms with Gasteiger partial charge in [0.2, 0.25) is 0 Å². The Morgan fingerprint density at radius 2 is 2.19 bits per heavy atom. The predicted octanol–water partition coefficient (Wildman–Crippen LogP) is 0.387. The highest BCUT2D eigenvalue weighted by molar-refractivity contribution is 5.93. The fourth-order valence-corrected chi connectivity index (χ4v) is 1.02.